The molecule has 0 aliphatic carbocycles. The normalized spacial score (nSPS) is 17.9. The Morgan fingerprint density at radius 2 is 2.04 bits per heavy atom. The number of aryl methyl sites for hydroxylation is 2. The van der Waals surface area contributed by atoms with Crippen LogP contribution in [-0.4, -0.2) is 58.4 Å². The minimum Gasteiger partial charge on any atom is -0.480 e. The molecular formula is C18H26N2O5. The molecule has 0 aromatic carbocycles. The predicted octanol–water partition coefficient (Wildman–Crippen LogP) is 2.08. The van der Waals surface area contributed by atoms with E-state index in [1.807, 2.05) is 13.8 Å². The summed E-state index contributed by atoms with van der Waals surface area (Å²) >= 11 is 0. The maximum Gasteiger partial charge on any atom is 0.323 e. The highest BCUT2D eigenvalue weighted by Gasteiger charge is 2.29. The molecule has 1 aromatic heterocycles. The van der Waals surface area contributed by atoms with Gasteiger partial charge in [0.05, 0.1) is 0 Å². The van der Waals surface area contributed by atoms with Crippen molar-refractivity contribution in [1.29, 1.82) is 0 Å². The van der Waals surface area contributed by atoms with E-state index in [1.54, 1.807) is 11.0 Å². The molecule has 0 bridgehead atoms. The van der Waals surface area contributed by atoms with Crippen LogP contribution in [0.25, 0.3) is 0 Å². The fourth-order valence-corrected chi connectivity index (χ4v) is 3.37. The van der Waals surface area contributed by atoms with Gasteiger partial charge in [0.25, 0.3) is 5.91 Å². The molecule has 138 valence electrons. The molecule has 0 saturated carbocycles. The predicted molar refractivity (Wildman–Crippen MR) is 91.4 cm³/mol. The Labute approximate surface area is 147 Å². The molecule has 0 unspecified atom stereocenters. The summed E-state index contributed by atoms with van der Waals surface area (Å²) in [6.07, 6.45) is 2.72. The largest absolute Gasteiger partial charge is 0.480 e. The number of hydrogen-bond acceptors (Lipinski definition) is 4. The molecule has 1 fully saturated rings. The molecule has 2 amide bonds. The molecule has 1 aromatic rings. The zero-order chi connectivity index (χ0) is 18.6. The molecule has 25 heavy (non-hydrogen) atoms. The van der Waals surface area contributed by atoms with Gasteiger partial charge in [-0.1, -0.05) is 6.92 Å². The maximum absolute atomic E-state index is 12.7. The number of carboxylic acid groups (broad SMARTS) is 1. The van der Waals surface area contributed by atoms with Crippen LogP contribution in [0.15, 0.2) is 10.5 Å². The molecule has 7 nitrogen and oxygen atoms in total. The fourth-order valence-electron chi connectivity index (χ4n) is 3.37. The summed E-state index contributed by atoms with van der Waals surface area (Å²) in [7, 11) is 0. The Hall–Kier alpha value is -2.31. The summed E-state index contributed by atoms with van der Waals surface area (Å²) < 4.78 is 5.65. The third-order valence-corrected chi connectivity index (χ3v) is 4.69. The van der Waals surface area contributed by atoms with Gasteiger partial charge < -0.3 is 19.3 Å². The van der Waals surface area contributed by atoms with Crippen molar-refractivity contribution in [1.82, 2.24) is 9.80 Å². The Morgan fingerprint density at radius 1 is 1.32 bits per heavy atom. The van der Waals surface area contributed by atoms with Gasteiger partial charge in [-0.25, -0.2) is 0 Å². The summed E-state index contributed by atoms with van der Waals surface area (Å²) in [5, 5.41) is 9.00. The van der Waals surface area contributed by atoms with E-state index in [4.69, 9.17) is 9.52 Å². The number of amides is 2. The van der Waals surface area contributed by atoms with Gasteiger partial charge in [-0.2, -0.15) is 0 Å². The highest BCUT2D eigenvalue weighted by atomic mass is 16.4. The summed E-state index contributed by atoms with van der Waals surface area (Å²) in [5.74, 6) is -0.245. The van der Waals surface area contributed by atoms with Gasteiger partial charge >= 0.3 is 5.97 Å². The second-order valence-electron chi connectivity index (χ2n) is 6.49. The molecule has 1 aliphatic heterocycles. The monoisotopic (exact) mass is 350 g/mol. The molecular weight excluding hydrogens is 324 g/mol. The van der Waals surface area contributed by atoms with Crippen LogP contribution >= 0.6 is 0 Å². The van der Waals surface area contributed by atoms with Gasteiger partial charge in [-0.3, -0.25) is 14.4 Å². The lowest BCUT2D eigenvalue weighted by Crippen LogP contribution is -2.43. The number of likely N-dealkylation sites (tertiary alicyclic amines) is 1. The summed E-state index contributed by atoms with van der Waals surface area (Å²) in [5.41, 5.74) is 0.975. The number of carbonyl (C=O) groups is 3. The third-order valence-electron chi connectivity index (χ3n) is 4.69. The minimum absolute atomic E-state index is 0.143. The number of carboxylic acids is 1. The summed E-state index contributed by atoms with van der Waals surface area (Å²) in [4.78, 5) is 38.6. The van der Waals surface area contributed by atoms with Crippen LogP contribution in [-0.2, 0) is 16.0 Å². The van der Waals surface area contributed by atoms with E-state index in [0.717, 1.165) is 24.2 Å². The molecule has 1 saturated heterocycles. The highest BCUT2D eigenvalue weighted by molar-refractivity contribution is 5.91. The van der Waals surface area contributed by atoms with Crippen LogP contribution in [0, 0.1) is 6.92 Å². The number of carbonyl (C=O) groups excluding carboxylic acids is 2. The molecule has 7 heteroatoms. The van der Waals surface area contributed by atoms with Gasteiger partial charge in [-0.05, 0) is 37.8 Å². The smallest absolute Gasteiger partial charge is 0.323 e. The van der Waals surface area contributed by atoms with Gasteiger partial charge in [-0.15, -0.1) is 0 Å². The van der Waals surface area contributed by atoms with Gasteiger partial charge in [0.1, 0.15) is 12.3 Å². The summed E-state index contributed by atoms with van der Waals surface area (Å²) in [6.45, 7) is 6.05. The number of aliphatic carboxylic acids is 1. The quantitative estimate of drug-likeness (QED) is 0.878. The third kappa shape index (κ3) is 4.61. The number of rotatable bonds is 5. The SMILES string of the molecule is CCc1oc(C(=O)N2CCC[C@@H](N(CC(=O)O)C(C)=O)CC2)cc1C. The first kappa shape index (κ1) is 19.0. The first-order valence-corrected chi connectivity index (χ1v) is 8.71. The van der Waals surface area contributed by atoms with Crippen molar-refractivity contribution in [3.8, 4) is 0 Å². The Kier molecular flexibility index (Phi) is 6.22. The van der Waals surface area contributed by atoms with Crippen molar-refractivity contribution in [3.63, 3.8) is 0 Å². The van der Waals surface area contributed by atoms with Crippen molar-refractivity contribution >= 4 is 17.8 Å². The van der Waals surface area contributed by atoms with E-state index in [0.29, 0.717) is 31.7 Å². The topological polar surface area (TPSA) is 91.1 Å². The van der Waals surface area contributed by atoms with E-state index in [9.17, 15) is 14.4 Å². The minimum atomic E-state index is -1.02. The van der Waals surface area contributed by atoms with E-state index < -0.39 is 5.97 Å². The van der Waals surface area contributed by atoms with Crippen molar-refractivity contribution < 1.29 is 23.9 Å². The number of nitrogens with zero attached hydrogens (tertiary/aromatic N) is 2. The van der Waals surface area contributed by atoms with E-state index in [1.165, 1.54) is 11.8 Å². The van der Waals surface area contributed by atoms with Gasteiger partial charge in [0.2, 0.25) is 5.91 Å². The van der Waals surface area contributed by atoms with Gasteiger partial charge in [0.15, 0.2) is 5.76 Å². The molecule has 0 spiro atoms. The van der Waals surface area contributed by atoms with Crippen molar-refractivity contribution in [2.75, 3.05) is 19.6 Å². The Morgan fingerprint density at radius 3 is 2.60 bits per heavy atom. The van der Waals surface area contributed by atoms with Gasteiger partial charge in [0, 0.05) is 32.5 Å². The molecule has 2 rings (SSSR count). The molecule has 0 radical (unpaired) electrons. The number of hydrogen-bond donors (Lipinski definition) is 1. The Balaban J connectivity index is 2.05. The second-order valence-corrected chi connectivity index (χ2v) is 6.49. The van der Waals surface area contributed by atoms with E-state index >= 15 is 0 Å². The lowest BCUT2D eigenvalue weighted by atomic mass is 10.1. The molecule has 1 N–H and O–H groups in total. The van der Waals surface area contributed by atoms with Crippen molar-refractivity contribution in [2.45, 2.75) is 52.5 Å². The maximum atomic E-state index is 12.7. The van der Waals surface area contributed by atoms with Crippen LogP contribution in [0.4, 0.5) is 0 Å². The van der Waals surface area contributed by atoms with E-state index in [-0.39, 0.29) is 24.4 Å². The van der Waals surface area contributed by atoms with Crippen LogP contribution in [0.5, 0.6) is 0 Å². The zero-order valence-electron chi connectivity index (χ0n) is 15.1. The van der Waals surface area contributed by atoms with Crippen LogP contribution in [0.2, 0.25) is 0 Å². The Bertz CT molecular complexity index is 652. The van der Waals surface area contributed by atoms with Crippen molar-refractivity contribution in [3.05, 3.63) is 23.2 Å². The molecule has 1 aliphatic rings. The lowest BCUT2D eigenvalue weighted by molar-refractivity contribution is -0.145. The van der Waals surface area contributed by atoms with Crippen LogP contribution < -0.4 is 0 Å². The standard InChI is InChI=1S/C18H26N2O5/c1-4-15-12(2)10-16(25-15)18(24)19-8-5-6-14(7-9-19)20(13(3)21)11-17(22)23/h10,14H,4-9,11H2,1-3H3,(H,22,23)/t14-/m1/s1. The molecule has 2 heterocycles. The van der Waals surface area contributed by atoms with E-state index in [2.05, 4.69) is 0 Å². The lowest BCUT2D eigenvalue weighted by Gasteiger charge is -2.28. The van der Waals surface area contributed by atoms with Crippen molar-refractivity contribution in [2.24, 2.45) is 0 Å². The first-order valence-electron chi connectivity index (χ1n) is 8.71. The average molecular weight is 350 g/mol. The van der Waals surface area contributed by atoms with Crippen LogP contribution in [0.1, 0.15) is 55.0 Å². The first-order chi connectivity index (χ1) is 11.8. The molecule has 1 atom stereocenters. The number of furan rings is 1. The second kappa shape index (κ2) is 8.18. The zero-order valence-corrected chi connectivity index (χ0v) is 15.1. The highest BCUT2D eigenvalue weighted by Crippen LogP contribution is 2.21. The average Bonchev–Trinajstić information content (AvgIpc) is 2.78. The summed E-state index contributed by atoms with van der Waals surface area (Å²) in [6, 6.07) is 1.62. The fraction of sp³-hybridized carbons (Fsp3) is 0.611. The van der Waals surface area contributed by atoms with Crippen LogP contribution in [0.3, 0.4) is 0 Å².